The van der Waals surface area contributed by atoms with Crippen LogP contribution in [0.4, 0.5) is 0 Å². The molecule has 0 aliphatic rings. The van der Waals surface area contributed by atoms with E-state index in [0.717, 1.165) is 26.2 Å². The molecule has 4 heteroatoms. The highest BCUT2D eigenvalue weighted by Crippen LogP contribution is 2.28. The van der Waals surface area contributed by atoms with Crippen molar-refractivity contribution in [2.75, 3.05) is 0 Å². The maximum Gasteiger partial charge on any atom is 0.123 e. The molecule has 2 aromatic rings. The van der Waals surface area contributed by atoms with Gasteiger partial charge in [0.1, 0.15) is 5.01 Å². The van der Waals surface area contributed by atoms with Gasteiger partial charge in [-0.1, -0.05) is 23.7 Å². The number of hydrogen-bond donors (Lipinski definition) is 1. The Morgan fingerprint density at radius 3 is 2.53 bits per heavy atom. The quantitative estimate of drug-likeness (QED) is 0.873. The average molecular weight is 240 g/mol. The van der Waals surface area contributed by atoms with Gasteiger partial charge >= 0.3 is 0 Å². The first-order valence-electron chi connectivity index (χ1n) is 4.54. The molecule has 0 aliphatic heterocycles. The fraction of sp³-hybridized carbons (Fsp3) is 0.182. The van der Waals surface area contributed by atoms with Crippen LogP contribution in [0.1, 0.15) is 10.6 Å². The molecule has 0 saturated heterocycles. The van der Waals surface area contributed by atoms with Crippen molar-refractivity contribution in [2.45, 2.75) is 13.5 Å². The van der Waals surface area contributed by atoms with E-state index in [1.807, 2.05) is 31.2 Å². The third-order valence-corrected chi connectivity index (χ3v) is 3.57. The second-order valence-electron chi connectivity index (χ2n) is 3.19. The van der Waals surface area contributed by atoms with Crippen molar-refractivity contribution in [3.63, 3.8) is 0 Å². The second-order valence-corrected chi connectivity index (χ2v) is 4.71. The summed E-state index contributed by atoms with van der Waals surface area (Å²) in [5.41, 5.74) is 1.93. The van der Waals surface area contributed by atoms with E-state index in [0.29, 0.717) is 0 Å². The van der Waals surface area contributed by atoms with Crippen molar-refractivity contribution < 1.29 is 5.11 Å². The minimum atomic E-state index is 0.0527. The highest BCUT2D eigenvalue weighted by molar-refractivity contribution is 7.15. The predicted molar refractivity (Wildman–Crippen MR) is 63.2 cm³/mol. The van der Waals surface area contributed by atoms with Crippen LogP contribution in [0, 0.1) is 6.92 Å². The summed E-state index contributed by atoms with van der Waals surface area (Å²) in [6.07, 6.45) is 0. The second kappa shape index (κ2) is 4.31. The van der Waals surface area contributed by atoms with Gasteiger partial charge in [-0.2, -0.15) is 0 Å². The van der Waals surface area contributed by atoms with Gasteiger partial charge in [0.05, 0.1) is 17.2 Å². The summed E-state index contributed by atoms with van der Waals surface area (Å²) in [6, 6.07) is 7.54. The molecule has 0 spiro atoms. The maximum atomic E-state index is 9.07. The van der Waals surface area contributed by atoms with Crippen molar-refractivity contribution in [1.29, 1.82) is 0 Å². The molecular weight excluding hydrogens is 230 g/mol. The number of aromatic nitrogens is 1. The van der Waals surface area contributed by atoms with Crippen molar-refractivity contribution in [1.82, 2.24) is 4.98 Å². The molecule has 78 valence electrons. The molecule has 15 heavy (non-hydrogen) atoms. The Bertz CT molecular complexity index is 464. The first-order valence-corrected chi connectivity index (χ1v) is 5.73. The lowest BCUT2D eigenvalue weighted by atomic mass is 10.2. The molecule has 0 unspecified atom stereocenters. The lowest BCUT2D eigenvalue weighted by molar-refractivity contribution is 0.284. The van der Waals surface area contributed by atoms with Crippen LogP contribution in [-0.4, -0.2) is 10.1 Å². The van der Waals surface area contributed by atoms with Crippen LogP contribution in [0.25, 0.3) is 10.6 Å². The maximum absolute atomic E-state index is 9.07. The molecule has 0 saturated carbocycles. The highest BCUT2D eigenvalue weighted by Gasteiger charge is 2.07. The smallest absolute Gasteiger partial charge is 0.123 e. The molecule has 0 fully saturated rings. The number of benzene rings is 1. The third kappa shape index (κ3) is 2.20. The lowest BCUT2D eigenvalue weighted by Crippen LogP contribution is -1.80. The van der Waals surface area contributed by atoms with Crippen LogP contribution in [-0.2, 0) is 6.61 Å². The minimum absolute atomic E-state index is 0.0527. The van der Waals surface area contributed by atoms with Gasteiger partial charge in [0.25, 0.3) is 0 Å². The Balaban J connectivity index is 2.41. The van der Waals surface area contributed by atoms with Crippen molar-refractivity contribution in [3.8, 4) is 10.6 Å². The van der Waals surface area contributed by atoms with E-state index in [-0.39, 0.29) is 6.61 Å². The molecule has 0 radical (unpaired) electrons. The Kier molecular flexibility index (Phi) is 3.05. The first kappa shape index (κ1) is 10.6. The SMILES string of the molecule is Cc1nc(-c2ccc(Cl)cc2)sc1CO. The van der Waals surface area contributed by atoms with Gasteiger partial charge in [0.15, 0.2) is 0 Å². The first-order chi connectivity index (χ1) is 7.20. The molecule has 1 heterocycles. The van der Waals surface area contributed by atoms with Crippen LogP contribution in [0.15, 0.2) is 24.3 Å². The number of rotatable bonds is 2. The molecule has 0 atom stereocenters. The van der Waals surface area contributed by atoms with Gasteiger partial charge in [-0.15, -0.1) is 11.3 Å². The molecule has 1 N–H and O–H groups in total. The van der Waals surface area contributed by atoms with E-state index in [2.05, 4.69) is 4.98 Å². The van der Waals surface area contributed by atoms with Gasteiger partial charge in [-0.3, -0.25) is 0 Å². The van der Waals surface area contributed by atoms with Gasteiger partial charge < -0.3 is 5.11 Å². The summed E-state index contributed by atoms with van der Waals surface area (Å²) in [5, 5.41) is 10.7. The van der Waals surface area contributed by atoms with E-state index < -0.39 is 0 Å². The number of halogens is 1. The molecule has 0 aliphatic carbocycles. The fourth-order valence-electron chi connectivity index (χ4n) is 1.29. The number of aliphatic hydroxyl groups is 1. The zero-order chi connectivity index (χ0) is 10.8. The average Bonchev–Trinajstić information content (AvgIpc) is 2.61. The summed E-state index contributed by atoms with van der Waals surface area (Å²) >= 11 is 7.32. The molecule has 2 nitrogen and oxygen atoms in total. The third-order valence-electron chi connectivity index (χ3n) is 2.13. The Labute approximate surface area is 97.2 Å². The summed E-state index contributed by atoms with van der Waals surface area (Å²) in [4.78, 5) is 5.31. The Hall–Kier alpha value is -0.900. The summed E-state index contributed by atoms with van der Waals surface area (Å²) in [7, 11) is 0. The zero-order valence-corrected chi connectivity index (χ0v) is 9.77. The van der Waals surface area contributed by atoms with E-state index >= 15 is 0 Å². The summed E-state index contributed by atoms with van der Waals surface area (Å²) < 4.78 is 0. The van der Waals surface area contributed by atoms with E-state index in [4.69, 9.17) is 16.7 Å². The highest BCUT2D eigenvalue weighted by atomic mass is 35.5. The normalized spacial score (nSPS) is 10.6. The van der Waals surface area contributed by atoms with Gasteiger partial charge in [0, 0.05) is 10.6 Å². The van der Waals surface area contributed by atoms with Crippen molar-refractivity contribution in [2.24, 2.45) is 0 Å². The largest absolute Gasteiger partial charge is 0.391 e. The number of nitrogens with zero attached hydrogens (tertiary/aromatic N) is 1. The van der Waals surface area contributed by atoms with Crippen LogP contribution < -0.4 is 0 Å². The number of hydrogen-bond acceptors (Lipinski definition) is 3. The van der Waals surface area contributed by atoms with E-state index in [1.54, 1.807) is 0 Å². The summed E-state index contributed by atoms with van der Waals surface area (Å²) in [5.74, 6) is 0. The zero-order valence-electron chi connectivity index (χ0n) is 8.20. The van der Waals surface area contributed by atoms with Crippen LogP contribution >= 0.6 is 22.9 Å². The molecule has 0 bridgehead atoms. The van der Waals surface area contributed by atoms with Crippen molar-refractivity contribution in [3.05, 3.63) is 39.9 Å². The van der Waals surface area contributed by atoms with Crippen LogP contribution in [0.5, 0.6) is 0 Å². The molecular formula is C11H10ClNOS. The molecule has 2 rings (SSSR count). The van der Waals surface area contributed by atoms with Crippen molar-refractivity contribution >= 4 is 22.9 Å². The molecule has 1 aromatic heterocycles. The van der Waals surface area contributed by atoms with Gasteiger partial charge in [-0.25, -0.2) is 4.98 Å². The van der Waals surface area contributed by atoms with E-state index in [9.17, 15) is 0 Å². The lowest BCUT2D eigenvalue weighted by Gasteiger charge is -1.95. The number of aliphatic hydroxyl groups excluding tert-OH is 1. The minimum Gasteiger partial charge on any atom is -0.391 e. The van der Waals surface area contributed by atoms with E-state index in [1.165, 1.54) is 11.3 Å². The number of aryl methyl sites for hydroxylation is 1. The topological polar surface area (TPSA) is 33.1 Å². The van der Waals surface area contributed by atoms with Gasteiger partial charge in [-0.05, 0) is 19.1 Å². The van der Waals surface area contributed by atoms with Gasteiger partial charge in [0.2, 0.25) is 0 Å². The van der Waals surface area contributed by atoms with Crippen LogP contribution in [0.3, 0.4) is 0 Å². The monoisotopic (exact) mass is 239 g/mol. The standard InChI is InChI=1S/C11H10ClNOS/c1-7-10(6-14)15-11(13-7)8-2-4-9(12)5-3-8/h2-5,14H,6H2,1H3. The molecule has 1 aromatic carbocycles. The fourth-order valence-corrected chi connectivity index (χ4v) is 2.34. The predicted octanol–water partition coefficient (Wildman–Crippen LogP) is 3.26. The Morgan fingerprint density at radius 1 is 1.33 bits per heavy atom. The Morgan fingerprint density at radius 2 is 2.00 bits per heavy atom. The number of thiazole rings is 1. The molecule has 0 amide bonds. The summed E-state index contributed by atoms with van der Waals surface area (Å²) in [6.45, 7) is 1.96. The van der Waals surface area contributed by atoms with Crippen LogP contribution in [0.2, 0.25) is 5.02 Å².